The SMILES string of the molecule is CCCCC/C=C\C/C=C\CCCCCCCC(=O)OCCCCCCCCCCCCCC/C=C\CCCCCCCCCCC(=O)NC(CO)C(O)/C=C/CCCCCCCCCCCCCCCC. The topological polar surface area (TPSA) is 95.9 Å². The average Bonchev–Trinajstić information content (AvgIpc) is 3.38. The maximum atomic E-state index is 12.5. The van der Waals surface area contributed by atoms with Gasteiger partial charge in [0.2, 0.25) is 5.91 Å². The fraction of sp³-hybridized carbons (Fsp3) is 0.848. The lowest BCUT2D eigenvalue weighted by atomic mass is 10.0. The second kappa shape index (κ2) is 61.4. The molecular weight excluding hydrogens is 887 g/mol. The van der Waals surface area contributed by atoms with Crippen LogP contribution in [-0.4, -0.2) is 47.4 Å². The number of amides is 1. The molecule has 1 amide bonds. The first kappa shape index (κ1) is 69.8. The van der Waals surface area contributed by atoms with Crippen molar-refractivity contribution in [1.29, 1.82) is 0 Å². The minimum atomic E-state index is -0.848. The number of esters is 1. The highest BCUT2D eigenvalue weighted by atomic mass is 16.5. The summed E-state index contributed by atoms with van der Waals surface area (Å²) in [5.74, 6) is -0.0738. The van der Waals surface area contributed by atoms with E-state index in [0.29, 0.717) is 19.4 Å². The molecule has 0 saturated heterocycles. The molecule has 0 aliphatic carbocycles. The number of rotatable bonds is 59. The predicted molar refractivity (Wildman–Crippen MR) is 315 cm³/mol. The van der Waals surface area contributed by atoms with Crippen LogP contribution in [0.5, 0.6) is 0 Å². The van der Waals surface area contributed by atoms with Crippen LogP contribution in [-0.2, 0) is 14.3 Å². The summed E-state index contributed by atoms with van der Waals surface area (Å²) in [6, 6.07) is -0.632. The normalized spacial score (nSPS) is 12.9. The molecule has 2 atom stereocenters. The third kappa shape index (κ3) is 57.1. The summed E-state index contributed by atoms with van der Waals surface area (Å²) >= 11 is 0. The van der Waals surface area contributed by atoms with Crippen LogP contribution in [0.15, 0.2) is 48.6 Å². The molecule has 72 heavy (non-hydrogen) atoms. The molecule has 0 bridgehead atoms. The molecule has 0 fully saturated rings. The first-order valence-electron chi connectivity index (χ1n) is 31.9. The number of unbranched alkanes of at least 4 members (excludes halogenated alkanes) is 42. The summed E-state index contributed by atoms with van der Waals surface area (Å²) in [7, 11) is 0. The van der Waals surface area contributed by atoms with E-state index in [4.69, 9.17) is 4.74 Å². The fourth-order valence-corrected chi connectivity index (χ4v) is 9.66. The molecule has 0 spiro atoms. The first-order chi connectivity index (χ1) is 35.5. The summed E-state index contributed by atoms with van der Waals surface area (Å²) in [5, 5.41) is 23.1. The number of allylic oxidation sites excluding steroid dienone is 7. The van der Waals surface area contributed by atoms with Gasteiger partial charge in [0.05, 0.1) is 25.4 Å². The Morgan fingerprint density at radius 2 is 0.694 bits per heavy atom. The number of nitrogens with one attached hydrogen (secondary N) is 1. The zero-order valence-corrected chi connectivity index (χ0v) is 48.2. The Labute approximate surface area is 448 Å². The van der Waals surface area contributed by atoms with E-state index in [0.717, 1.165) is 51.4 Å². The molecule has 0 aromatic rings. The van der Waals surface area contributed by atoms with Crippen molar-refractivity contribution in [3.63, 3.8) is 0 Å². The van der Waals surface area contributed by atoms with Crippen molar-refractivity contribution in [2.45, 2.75) is 347 Å². The maximum absolute atomic E-state index is 12.5. The summed E-state index contributed by atoms with van der Waals surface area (Å²) in [5.41, 5.74) is 0. The Morgan fingerprint density at radius 3 is 1.10 bits per heavy atom. The zero-order chi connectivity index (χ0) is 52.2. The van der Waals surface area contributed by atoms with Gasteiger partial charge < -0.3 is 20.3 Å². The Balaban J connectivity index is 3.43. The maximum Gasteiger partial charge on any atom is 0.305 e. The quantitative estimate of drug-likeness (QED) is 0.0320. The van der Waals surface area contributed by atoms with E-state index in [1.807, 2.05) is 6.08 Å². The van der Waals surface area contributed by atoms with Gasteiger partial charge in [-0.15, -0.1) is 0 Å². The van der Waals surface area contributed by atoms with E-state index < -0.39 is 12.1 Å². The van der Waals surface area contributed by atoms with E-state index >= 15 is 0 Å². The van der Waals surface area contributed by atoms with E-state index in [1.165, 1.54) is 257 Å². The minimum absolute atomic E-state index is 0.00220. The summed E-state index contributed by atoms with van der Waals surface area (Å²) in [4.78, 5) is 24.5. The van der Waals surface area contributed by atoms with Crippen molar-refractivity contribution in [3.05, 3.63) is 48.6 Å². The van der Waals surface area contributed by atoms with Crippen LogP contribution in [0.3, 0.4) is 0 Å². The van der Waals surface area contributed by atoms with Gasteiger partial charge in [-0.25, -0.2) is 0 Å². The molecule has 0 radical (unpaired) electrons. The fourth-order valence-electron chi connectivity index (χ4n) is 9.66. The second-order valence-electron chi connectivity index (χ2n) is 21.7. The Hall–Kier alpha value is -2.18. The third-order valence-electron chi connectivity index (χ3n) is 14.6. The molecule has 0 aliphatic rings. The molecule has 422 valence electrons. The summed E-state index contributed by atoms with van der Waals surface area (Å²) in [6.07, 6.45) is 78.7. The van der Waals surface area contributed by atoms with Gasteiger partial charge in [-0.2, -0.15) is 0 Å². The number of hydrogen-bond acceptors (Lipinski definition) is 5. The standard InChI is InChI=1S/C66H123NO5/c1-3-5-7-9-11-13-15-17-19-31-34-38-42-46-50-54-58-64(69)63(62-68)67-65(70)59-55-51-47-43-39-35-32-28-26-24-22-20-21-23-25-27-29-33-37-41-45-49-53-57-61-72-66(71)60-56-52-48-44-40-36-30-18-16-14-12-10-8-6-4-2/h12,14,18,22,24,30,54,58,63-64,68-69H,3-11,13,15-17,19-21,23,25-29,31-53,55-57,59-62H2,1-2H3,(H,67,70)/b14-12-,24-22-,30-18-,58-54+. The van der Waals surface area contributed by atoms with Crippen molar-refractivity contribution in [2.75, 3.05) is 13.2 Å². The van der Waals surface area contributed by atoms with Crippen molar-refractivity contribution in [2.24, 2.45) is 0 Å². The third-order valence-corrected chi connectivity index (χ3v) is 14.6. The van der Waals surface area contributed by atoms with Crippen LogP contribution in [0, 0.1) is 0 Å². The van der Waals surface area contributed by atoms with Gasteiger partial charge in [0.25, 0.3) is 0 Å². The van der Waals surface area contributed by atoms with Gasteiger partial charge in [0, 0.05) is 12.8 Å². The molecule has 0 aliphatic heterocycles. The van der Waals surface area contributed by atoms with E-state index in [9.17, 15) is 19.8 Å². The van der Waals surface area contributed by atoms with Crippen molar-refractivity contribution < 1.29 is 24.5 Å². The number of aliphatic hydroxyl groups excluding tert-OH is 2. The largest absolute Gasteiger partial charge is 0.466 e. The number of aliphatic hydroxyl groups is 2. The van der Waals surface area contributed by atoms with Gasteiger partial charge in [0.1, 0.15) is 0 Å². The van der Waals surface area contributed by atoms with E-state index in [1.54, 1.807) is 6.08 Å². The molecule has 6 nitrogen and oxygen atoms in total. The summed E-state index contributed by atoms with van der Waals surface area (Å²) < 4.78 is 5.48. The smallest absolute Gasteiger partial charge is 0.305 e. The Morgan fingerprint density at radius 1 is 0.389 bits per heavy atom. The molecule has 0 rings (SSSR count). The first-order valence-corrected chi connectivity index (χ1v) is 31.9. The molecular formula is C66H123NO5. The van der Waals surface area contributed by atoms with Crippen molar-refractivity contribution in [1.82, 2.24) is 5.32 Å². The summed E-state index contributed by atoms with van der Waals surface area (Å²) in [6.45, 7) is 4.88. The lowest BCUT2D eigenvalue weighted by Crippen LogP contribution is -2.45. The van der Waals surface area contributed by atoms with Crippen LogP contribution in [0.4, 0.5) is 0 Å². The van der Waals surface area contributed by atoms with Crippen LogP contribution in [0.2, 0.25) is 0 Å². The molecule has 0 aromatic carbocycles. The zero-order valence-electron chi connectivity index (χ0n) is 48.2. The molecule has 0 aromatic heterocycles. The average molecular weight is 1010 g/mol. The second-order valence-corrected chi connectivity index (χ2v) is 21.7. The van der Waals surface area contributed by atoms with Crippen molar-refractivity contribution >= 4 is 11.9 Å². The van der Waals surface area contributed by atoms with Crippen molar-refractivity contribution in [3.8, 4) is 0 Å². The predicted octanol–water partition coefficient (Wildman–Crippen LogP) is 20.1. The number of ether oxygens (including phenoxy) is 1. The molecule has 0 saturated carbocycles. The molecule has 3 N–H and O–H groups in total. The van der Waals surface area contributed by atoms with Gasteiger partial charge in [0.15, 0.2) is 0 Å². The van der Waals surface area contributed by atoms with Crippen LogP contribution >= 0.6 is 0 Å². The minimum Gasteiger partial charge on any atom is -0.466 e. The number of carbonyl (C=O) groups excluding carboxylic acids is 2. The van der Waals surface area contributed by atoms with Crippen LogP contribution in [0.25, 0.3) is 0 Å². The Bertz CT molecular complexity index is 1210. The molecule has 0 heterocycles. The lowest BCUT2D eigenvalue weighted by molar-refractivity contribution is -0.143. The van der Waals surface area contributed by atoms with Gasteiger partial charge in [-0.3, -0.25) is 9.59 Å². The highest BCUT2D eigenvalue weighted by Gasteiger charge is 2.18. The highest BCUT2D eigenvalue weighted by Crippen LogP contribution is 2.17. The van der Waals surface area contributed by atoms with Gasteiger partial charge in [-0.05, 0) is 89.9 Å². The van der Waals surface area contributed by atoms with E-state index in [2.05, 4.69) is 55.6 Å². The molecule has 2 unspecified atom stereocenters. The van der Waals surface area contributed by atoms with Crippen LogP contribution in [0.1, 0.15) is 335 Å². The highest BCUT2D eigenvalue weighted by molar-refractivity contribution is 5.76. The van der Waals surface area contributed by atoms with Crippen LogP contribution < -0.4 is 5.32 Å². The van der Waals surface area contributed by atoms with Gasteiger partial charge >= 0.3 is 5.97 Å². The van der Waals surface area contributed by atoms with Gasteiger partial charge in [-0.1, -0.05) is 281 Å². The number of hydrogen-bond donors (Lipinski definition) is 3. The lowest BCUT2D eigenvalue weighted by Gasteiger charge is -2.20. The Kier molecular flexibility index (Phi) is 59.5. The number of carbonyl (C=O) groups is 2. The monoisotopic (exact) mass is 1010 g/mol. The van der Waals surface area contributed by atoms with E-state index in [-0.39, 0.29) is 18.5 Å². The molecule has 6 heteroatoms.